The molecule has 1 heterocycles. The highest BCUT2D eigenvalue weighted by Crippen LogP contribution is 2.11. The van der Waals surface area contributed by atoms with Crippen LogP contribution in [0.2, 0.25) is 0 Å². The van der Waals surface area contributed by atoms with Gasteiger partial charge in [-0.2, -0.15) is 0 Å². The zero-order valence-electron chi connectivity index (χ0n) is 11.7. The van der Waals surface area contributed by atoms with Crippen LogP contribution in [0.15, 0.2) is 42.6 Å². The summed E-state index contributed by atoms with van der Waals surface area (Å²) in [5, 5.41) is 2.89. The molecular weight excluding hydrogens is 252 g/mol. The molecule has 1 aromatic carbocycles. The molecule has 2 rings (SSSR count). The Morgan fingerprint density at radius 3 is 2.65 bits per heavy atom. The number of hydrogen-bond donors (Lipinski definition) is 1. The maximum atomic E-state index is 12.1. The lowest BCUT2D eigenvalue weighted by atomic mass is 10.1. The van der Waals surface area contributed by atoms with Gasteiger partial charge in [0, 0.05) is 12.7 Å². The van der Waals surface area contributed by atoms with Gasteiger partial charge >= 0.3 is 0 Å². The van der Waals surface area contributed by atoms with Crippen molar-refractivity contribution in [2.45, 2.75) is 19.9 Å². The van der Waals surface area contributed by atoms with Crippen LogP contribution in [0.5, 0.6) is 5.75 Å². The second-order valence-electron chi connectivity index (χ2n) is 4.40. The van der Waals surface area contributed by atoms with Crippen LogP contribution in [0.3, 0.4) is 0 Å². The average Bonchev–Trinajstić information content (AvgIpc) is 2.53. The molecule has 1 amide bonds. The first-order valence-corrected chi connectivity index (χ1v) is 6.59. The smallest absolute Gasteiger partial charge is 0.270 e. The lowest BCUT2D eigenvalue weighted by Crippen LogP contribution is -2.25. The third kappa shape index (κ3) is 3.35. The van der Waals surface area contributed by atoms with Crippen molar-refractivity contribution < 1.29 is 9.53 Å². The molecule has 1 N–H and O–H groups in total. The highest BCUT2D eigenvalue weighted by atomic mass is 16.5. The molecule has 0 aliphatic rings. The first-order chi connectivity index (χ1) is 9.74. The molecule has 0 atom stereocenters. The minimum Gasteiger partial charge on any atom is -0.497 e. The number of nitrogens with one attached hydrogen (secondary N) is 1. The third-order valence-corrected chi connectivity index (χ3v) is 3.10. The van der Waals surface area contributed by atoms with Gasteiger partial charge in [0.1, 0.15) is 11.4 Å². The van der Waals surface area contributed by atoms with Crippen LogP contribution in [-0.2, 0) is 13.0 Å². The van der Waals surface area contributed by atoms with E-state index in [-0.39, 0.29) is 5.91 Å². The fourth-order valence-corrected chi connectivity index (χ4v) is 1.94. The van der Waals surface area contributed by atoms with Crippen molar-refractivity contribution in [1.29, 1.82) is 0 Å². The van der Waals surface area contributed by atoms with E-state index in [2.05, 4.69) is 10.3 Å². The van der Waals surface area contributed by atoms with Gasteiger partial charge in [0.05, 0.1) is 7.11 Å². The highest BCUT2D eigenvalue weighted by molar-refractivity contribution is 5.93. The number of carbonyl (C=O) groups is 1. The Balaban J connectivity index is 2.01. The molecule has 0 aliphatic carbocycles. The van der Waals surface area contributed by atoms with Crippen molar-refractivity contribution >= 4 is 5.91 Å². The van der Waals surface area contributed by atoms with Gasteiger partial charge in [0.2, 0.25) is 0 Å². The standard InChI is InChI=1S/C16H18N2O2/c1-3-13-5-4-10-17-15(13)16(19)18-11-12-6-8-14(20-2)9-7-12/h4-10H,3,11H2,1-2H3,(H,18,19). The fraction of sp³-hybridized carbons (Fsp3) is 0.250. The maximum Gasteiger partial charge on any atom is 0.270 e. The molecule has 4 heteroatoms. The summed E-state index contributed by atoms with van der Waals surface area (Å²) in [5.74, 6) is 0.663. The molecule has 1 aromatic heterocycles. The van der Waals surface area contributed by atoms with Crippen molar-refractivity contribution in [1.82, 2.24) is 10.3 Å². The predicted octanol–water partition coefficient (Wildman–Crippen LogP) is 2.58. The number of nitrogens with zero attached hydrogens (tertiary/aromatic N) is 1. The van der Waals surface area contributed by atoms with Crippen molar-refractivity contribution in [3.05, 3.63) is 59.4 Å². The Kier molecular flexibility index (Phi) is 4.71. The summed E-state index contributed by atoms with van der Waals surface area (Å²) >= 11 is 0. The molecule has 0 spiro atoms. The van der Waals surface area contributed by atoms with E-state index in [1.165, 1.54) is 0 Å². The Bertz CT molecular complexity index is 579. The van der Waals surface area contributed by atoms with Crippen LogP contribution < -0.4 is 10.1 Å². The minimum absolute atomic E-state index is 0.140. The third-order valence-electron chi connectivity index (χ3n) is 3.10. The van der Waals surface area contributed by atoms with Crippen LogP contribution in [0.25, 0.3) is 0 Å². The molecule has 2 aromatic rings. The first-order valence-electron chi connectivity index (χ1n) is 6.59. The molecule has 0 saturated carbocycles. The maximum absolute atomic E-state index is 12.1. The van der Waals surface area contributed by atoms with Gasteiger partial charge in [-0.1, -0.05) is 25.1 Å². The lowest BCUT2D eigenvalue weighted by Gasteiger charge is -2.08. The molecule has 0 radical (unpaired) electrons. The van der Waals surface area contributed by atoms with Gasteiger partial charge in [0.25, 0.3) is 5.91 Å². The molecule has 0 aliphatic heterocycles. The van der Waals surface area contributed by atoms with Crippen LogP contribution >= 0.6 is 0 Å². The summed E-state index contributed by atoms with van der Waals surface area (Å²) in [6.07, 6.45) is 2.43. The predicted molar refractivity (Wildman–Crippen MR) is 77.8 cm³/mol. The highest BCUT2D eigenvalue weighted by Gasteiger charge is 2.10. The molecule has 104 valence electrons. The van der Waals surface area contributed by atoms with Crippen molar-refractivity contribution in [2.75, 3.05) is 7.11 Å². The number of aromatic nitrogens is 1. The molecular formula is C16H18N2O2. The zero-order valence-corrected chi connectivity index (χ0v) is 11.7. The van der Waals surface area contributed by atoms with Crippen molar-refractivity contribution in [3.8, 4) is 5.75 Å². The van der Waals surface area contributed by atoms with E-state index in [1.807, 2.05) is 43.3 Å². The van der Waals surface area contributed by atoms with E-state index < -0.39 is 0 Å². The zero-order chi connectivity index (χ0) is 14.4. The van der Waals surface area contributed by atoms with E-state index in [1.54, 1.807) is 13.3 Å². The number of methoxy groups -OCH3 is 1. The molecule has 4 nitrogen and oxygen atoms in total. The van der Waals surface area contributed by atoms with Gasteiger partial charge in [-0.15, -0.1) is 0 Å². The number of pyridine rings is 1. The Morgan fingerprint density at radius 2 is 2.00 bits per heavy atom. The van der Waals surface area contributed by atoms with Gasteiger partial charge in [-0.3, -0.25) is 9.78 Å². The van der Waals surface area contributed by atoms with E-state index in [4.69, 9.17) is 4.74 Å². The normalized spacial score (nSPS) is 10.1. The van der Waals surface area contributed by atoms with E-state index in [9.17, 15) is 4.79 Å². The van der Waals surface area contributed by atoms with Crippen LogP contribution in [0.4, 0.5) is 0 Å². The average molecular weight is 270 g/mol. The van der Waals surface area contributed by atoms with Crippen LogP contribution in [0, 0.1) is 0 Å². The number of rotatable bonds is 5. The first kappa shape index (κ1) is 14.1. The summed E-state index contributed by atoms with van der Waals surface area (Å²) in [6.45, 7) is 2.49. The Labute approximate surface area is 118 Å². The minimum atomic E-state index is -0.140. The Hall–Kier alpha value is -2.36. The van der Waals surface area contributed by atoms with E-state index in [0.717, 1.165) is 23.3 Å². The number of ether oxygens (including phenoxy) is 1. The van der Waals surface area contributed by atoms with Gasteiger partial charge < -0.3 is 10.1 Å². The number of hydrogen-bond acceptors (Lipinski definition) is 3. The largest absolute Gasteiger partial charge is 0.497 e. The van der Waals surface area contributed by atoms with Gasteiger partial charge in [-0.05, 0) is 35.7 Å². The van der Waals surface area contributed by atoms with Gasteiger partial charge in [-0.25, -0.2) is 0 Å². The quantitative estimate of drug-likeness (QED) is 0.908. The van der Waals surface area contributed by atoms with E-state index in [0.29, 0.717) is 12.2 Å². The molecule has 20 heavy (non-hydrogen) atoms. The van der Waals surface area contributed by atoms with Crippen molar-refractivity contribution in [2.24, 2.45) is 0 Å². The second-order valence-corrected chi connectivity index (χ2v) is 4.40. The molecule has 0 bridgehead atoms. The van der Waals surface area contributed by atoms with Crippen molar-refractivity contribution in [3.63, 3.8) is 0 Å². The molecule has 0 fully saturated rings. The van der Waals surface area contributed by atoms with Gasteiger partial charge in [0.15, 0.2) is 0 Å². The monoisotopic (exact) mass is 270 g/mol. The number of amides is 1. The summed E-state index contributed by atoms with van der Waals surface area (Å²) in [5.41, 5.74) is 2.48. The summed E-state index contributed by atoms with van der Waals surface area (Å²) in [7, 11) is 1.63. The molecule has 0 saturated heterocycles. The van der Waals surface area contributed by atoms with Crippen LogP contribution in [0.1, 0.15) is 28.5 Å². The summed E-state index contributed by atoms with van der Waals surface area (Å²) < 4.78 is 5.10. The topological polar surface area (TPSA) is 51.2 Å². The van der Waals surface area contributed by atoms with E-state index >= 15 is 0 Å². The fourth-order valence-electron chi connectivity index (χ4n) is 1.94. The molecule has 0 unspecified atom stereocenters. The summed E-state index contributed by atoms with van der Waals surface area (Å²) in [4.78, 5) is 16.3. The SMILES string of the molecule is CCc1cccnc1C(=O)NCc1ccc(OC)cc1. The lowest BCUT2D eigenvalue weighted by molar-refractivity contribution is 0.0945. The summed E-state index contributed by atoms with van der Waals surface area (Å²) in [6, 6.07) is 11.4. The Morgan fingerprint density at radius 1 is 1.25 bits per heavy atom. The second kappa shape index (κ2) is 6.70. The number of aryl methyl sites for hydroxylation is 1. The van der Waals surface area contributed by atoms with Crippen LogP contribution in [-0.4, -0.2) is 18.0 Å². The number of carbonyl (C=O) groups excluding carboxylic acids is 1. The number of benzene rings is 1.